The van der Waals surface area contributed by atoms with Gasteiger partial charge in [0.2, 0.25) is 5.88 Å². The van der Waals surface area contributed by atoms with E-state index < -0.39 is 5.97 Å². The van der Waals surface area contributed by atoms with Crippen LogP contribution in [0.4, 0.5) is 5.82 Å². The molecule has 2 unspecified atom stereocenters. The van der Waals surface area contributed by atoms with Crippen LogP contribution in [0.15, 0.2) is 22.4 Å². The lowest BCUT2D eigenvalue weighted by atomic mass is 10.4. The summed E-state index contributed by atoms with van der Waals surface area (Å²) in [5.74, 6) is -0.155. The average molecular weight is 296 g/mol. The van der Waals surface area contributed by atoms with Crippen LogP contribution in [0.1, 0.15) is 20.8 Å². The van der Waals surface area contributed by atoms with Crippen molar-refractivity contribution in [1.29, 1.82) is 0 Å². The molecule has 2 atom stereocenters. The van der Waals surface area contributed by atoms with Crippen molar-refractivity contribution in [3.63, 3.8) is 0 Å². The second kappa shape index (κ2) is 6.88. The zero-order chi connectivity index (χ0) is 15.3. The molecule has 0 aliphatic carbocycles. The van der Waals surface area contributed by atoms with Gasteiger partial charge < -0.3 is 18.9 Å². The van der Waals surface area contributed by atoms with Gasteiger partial charge in [0.15, 0.2) is 5.82 Å². The first-order chi connectivity index (χ1) is 10.0. The number of nitrogens with zero attached hydrogens (tertiary/aromatic N) is 4. The van der Waals surface area contributed by atoms with Gasteiger partial charge in [-0.25, -0.2) is 0 Å². The molecule has 1 aromatic heterocycles. The van der Waals surface area contributed by atoms with Crippen molar-refractivity contribution in [2.45, 2.75) is 38.9 Å². The average Bonchev–Trinajstić information content (AvgIpc) is 2.86. The second-order valence-corrected chi connectivity index (χ2v) is 4.97. The zero-order valence-corrected chi connectivity index (χ0v) is 12.6. The molecule has 1 aromatic rings. The van der Waals surface area contributed by atoms with E-state index in [0.717, 1.165) is 0 Å². The molecule has 0 N–H and O–H groups in total. The summed E-state index contributed by atoms with van der Waals surface area (Å²) in [4.78, 5) is 0. The first kappa shape index (κ1) is 15.7. The highest BCUT2D eigenvalue weighted by atomic mass is 16.9. The van der Waals surface area contributed by atoms with Crippen molar-refractivity contribution < 1.29 is 18.9 Å². The Morgan fingerprint density at radius 2 is 2.24 bits per heavy atom. The molecule has 0 aromatic carbocycles. The molecule has 21 heavy (non-hydrogen) atoms. The van der Waals surface area contributed by atoms with Gasteiger partial charge in [0, 0.05) is 20.1 Å². The van der Waals surface area contributed by atoms with Crippen molar-refractivity contribution in [2.24, 2.45) is 10.2 Å². The van der Waals surface area contributed by atoms with Crippen LogP contribution >= 0.6 is 0 Å². The predicted octanol–water partition coefficient (Wildman–Crippen LogP) is 2.08. The van der Waals surface area contributed by atoms with E-state index in [4.69, 9.17) is 18.9 Å². The van der Waals surface area contributed by atoms with Crippen molar-refractivity contribution in [3.8, 4) is 5.88 Å². The van der Waals surface area contributed by atoms with E-state index in [1.54, 1.807) is 19.1 Å². The second-order valence-electron chi connectivity index (χ2n) is 4.97. The normalized spacial score (nSPS) is 25.9. The minimum absolute atomic E-state index is 0.123. The van der Waals surface area contributed by atoms with E-state index in [-0.39, 0.29) is 12.1 Å². The van der Waals surface area contributed by atoms with Gasteiger partial charge in [0.1, 0.15) is 12.7 Å². The molecule has 116 valence electrons. The van der Waals surface area contributed by atoms with Gasteiger partial charge in [-0.2, -0.15) is 5.11 Å². The highest BCUT2D eigenvalue weighted by Gasteiger charge is 2.37. The molecule has 1 fully saturated rings. The van der Waals surface area contributed by atoms with E-state index in [1.807, 2.05) is 13.8 Å². The Balaban J connectivity index is 1.82. The molecule has 0 spiro atoms. The number of hydrogen-bond acceptors (Lipinski definition) is 8. The van der Waals surface area contributed by atoms with Crippen molar-refractivity contribution >= 4 is 5.82 Å². The van der Waals surface area contributed by atoms with E-state index in [1.165, 1.54) is 7.11 Å². The third-order valence-electron chi connectivity index (χ3n) is 2.72. The summed E-state index contributed by atoms with van der Waals surface area (Å²) in [6.45, 7) is 6.29. The topological polar surface area (TPSA) is 87.4 Å². The zero-order valence-electron chi connectivity index (χ0n) is 12.6. The molecule has 1 aliphatic rings. The Morgan fingerprint density at radius 1 is 1.43 bits per heavy atom. The third kappa shape index (κ3) is 4.69. The van der Waals surface area contributed by atoms with Crippen LogP contribution in [0.2, 0.25) is 0 Å². The summed E-state index contributed by atoms with van der Waals surface area (Å²) in [7, 11) is 1.53. The Labute approximate surface area is 123 Å². The molecule has 8 nitrogen and oxygen atoms in total. The van der Waals surface area contributed by atoms with Crippen molar-refractivity contribution in [1.82, 2.24) is 10.2 Å². The summed E-state index contributed by atoms with van der Waals surface area (Å²) in [5, 5.41) is 15.8. The highest BCUT2D eigenvalue weighted by molar-refractivity contribution is 5.26. The molecule has 2 heterocycles. The maximum atomic E-state index is 5.56. The number of azo groups is 1. The molecule has 0 bridgehead atoms. The molecule has 8 heteroatoms. The Kier molecular flexibility index (Phi) is 5.16. The third-order valence-corrected chi connectivity index (χ3v) is 2.72. The van der Waals surface area contributed by atoms with Crippen LogP contribution in [0.3, 0.4) is 0 Å². The van der Waals surface area contributed by atoms with E-state index in [2.05, 4.69) is 20.4 Å². The SMILES string of the molecule is COC1(C)OCC(COc2ccc(N=NC(C)C)nn2)O1. The van der Waals surface area contributed by atoms with Crippen LogP contribution in [0, 0.1) is 0 Å². The predicted molar refractivity (Wildman–Crippen MR) is 73.4 cm³/mol. The number of ether oxygens (including phenoxy) is 4. The number of hydrogen-bond donors (Lipinski definition) is 0. The van der Waals surface area contributed by atoms with Gasteiger partial charge in [0.25, 0.3) is 5.97 Å². The van der Waals surface area contributed by atoms with Gasteiger partial charge in [0.05, 0.1) is 12.6 Å². The summed E-state index contributed by atoms with van der Waals surface area (Å²) < 4.78 is 21.5. The maximum Gasteiger partial charge on any atom is 0.280 e. The van der Waals surface area contributed by atoms with Gasteiger partial charge in [-0.1, -0.05) is 0 Å². The molecule has 0 amide bonds. The molecule has 1 saturated heterocycles. The first-order valence-corrected chi connectivity index (χ1v) is 6.75. The molecule has 2 rings (SSSR count). The van der Waals surface area contributed by atoms with Gasteiger partial charge >= 0.3 is 0 Å². The molecular weight excluding hydrogens is 276 g/mol. The molecule has 0 radical (unpaired) electrons. The van der Waals surface area contributed by atoms with Crippen molar-refractivity contribution in [2.75, 3.05) is 20.3 Å². The monoisotopic (exact) mass is 296 g/mol. The van der Waals surface area contributed by atoms with Crippen LogP contribution in [0.25, 0.3) is 0 Å². The van der Waals surface area contributed by atoms with E-state index in [9.17, 15) is 0 Å². The summed E-state index contributed by atoms with van der Waals surface area (Å²) >= 11 is 0. The van der Waals surface area contributed by atoms with Crippen molar-refractivity contribution in [3.05, 3.63) is 12.1 Å². The number of aromatic nitrogens is 2. The van der Waals surface area contributed by atoms with Crippen LogP contribution in [-0.4, -0.2) is 48.6 Å². The van der Waals surface area contributed by atoms with Gasteiger partial charge in [-0.15, -0.1) is 15.3 Å². The lowest BCUT2D eigenvalue weighted by Crippen LogP contribution is -2.30. The fraction of sp³-hybridized carbons (Fsp3) is 0.692. The summed E-state index contributed by atoms with van der Waals surface area (Å²) in [5.41, 5.74) is 0. The number of methoxy groups -OCH3 is 1. The highest BCUT2D eigenvalue weighted by Crippen LogP contribution is 2.24. The maximum absolute atomic E-state index is 5.56. The minimum Gasteiger partial charge on any atom is -0.474 e. The van der Waals surface area contributed by atoms with Gasteiger partial charge in [-0.3, -0.25) is 0 Å². The Morgan fingerprint density at radius 3 is 2.81 bits per heavy atom. The molecular formula is C13H20N4O4. The Bertz CT molecular complexity index is 480. The lowest BCUT2D eigenvalue weighted by molar-refractivity contribution is -0.314. The lowest BCUT2D eigenvalue weighted by Gasteiger charge is -2.20. The smallest absolute Gasteiger partial charge is 0.280 e. The standard InChI is InChI=1S/C13H20N4O4/c1-9(2)14-15-11-5-6-12(17-16-11)19-7-10-8-20-13(3,18-4)21-10/h5-6,9-10H,7-8H2,1-4H3. The number of rotatable bonds is 6. The van der Waals surface area contributed by atoms with Crippen LogP contribution in [-0.2, 0) is 14.2 Å². The Hall–Kier alpha value is -1.64. The first-order valence-electron chi connectivity index (χ1n) is 6.75. The fourth-order valence-electron chi connectivity index (χ4n) is 1.60. The molecule has 0 saturated carbocycles. The van der Waals surface area contributed by atoms with E-state index in [0.29, 0.717) is 24.9 Å². The summed E-state index contributed by atoms with van der Waals surface area (Å²) in [6.07, 6.45) is -0.211. The van der Waals surface area contributed by atoms with Crippen LogP contribution in [0.5, 0.6) is 5.88 Å². The molecule has 1 aliphatic heterocycles. The largest absolute Gasteiger partial charge is 0.474 e. The fourth-order valence-corrected chi connectivity index (χ4v) is 1.60. The van der Waals surface area contributed by atoms with Crippen LogP contribution < -0.4 is 4.74 Å². The minimum atomic E-state index is -0.999. The quantitative estimate of drug-likeness (QED) is 0.747. The van der Waals surface area contributed by atoms with E-state index >= 15 is 0 Å². The van der Waals surface area contributed by atoms with Gasteiger partial charge in [-0.05, 0) is 19.9 Å². The summed E-state index contributed by atoms with van der Waals surface area (Å²) in [6, 6.07) is 3.50.